The van der Waals surface area contributed by atoms with E-state index in [1.54, 1.807) is 0 Å². The summed E-state index contributed by atoms with van der Waals surface area (Å²) in [6.45, 7) is 6.47. The van der Waals surface area contributed by atoms with Crippen LogP contribution in [0.2, 0.25) is 0 Å². The van der Waals surface area contributed by atoms with E-state index in [1.165, 1.54) is 19.3 Å². The number of anilines is 1. The van der Waals surface area contributed by atoms with Gasteiger partial charge < -0.3 is 5.32 Å². The Balaban J connectivity index is 2.17. The number of hydrogen-bond donors (Lipinski definition) is 1. The van der Waals surface area contributed by atoms with Crippen LogP contribution >= 0.6 is 0 Å². The maximum absolute atomic E-state index is 4.59. The van der Waals surface area contributed by atoms with Gasteiger partial charge in [-0.3, -0.25) is 4.57 Å². The second kappa shape index (κ2) is 6.41. The third kappa shape index (κ3) is 3.60. The van der Waals surface area contributed by atoms with Crippen LogP contribution in [-0.4, -0.2) is 15.6 Å². The molecule has 2 rings (SSSR count). The first-order valence-electron chi connectivity index (χ1n) is 7.08. The van der Waals surface area contributed by atoms with Gasteiger partial charge in [-0.15, -0.1) is 0 Å². The summed E-state index contributed by atoms with van der Waals surface area (Å²) in [6, 6.07) is 10.8. The van der Waals surface area contributed by atoms with Crippen molar-refractivity contribution in [2.75, 3.05) is 5.32 Å². The molecule has 3 nitrogen and oxygen atoms in total. The smallest absolute Gasteiger partial charge is 0.207 e. The maximum Gasteiger partial charge on any atom is 0.207 e. The van der Waals surface area contributed by atoms with Crippen LogP contribution in [0.25, 0.3) is 5.69 Å². The molecule has 2 aromatic rings. The van der Waals surface area contributed by atoms with Crippen LogP contribution in [-0.2, 0) is 0 Å². The van der Waals surface area contributed by atoms with Crippen molar-refractivity contribution in [1.82, 2.24) is 9.55 Å². The number of benzene rings is 1. The quantitative estimate of drug-likeness (QED) is 0.841. The molecular weight excluding hydrogens is 234 g/mol. The van der Waals surface area contributed by atoms with Crippen LogP contribution in [0.4, 0.5) is 5.95 Å². The number of para-hydroxylation sites is 1. The van der Waals surface area contributed by atoms with E-state index >= 15 is 0 Å². The molecule has 1 aromatic carbocycles. The molecule has 0 aliphatic rings. The normalized spacial score (nSPS) is 12.4. The van der Waals surface area contributed by atoms with Gasteiger partial charge in [0.05, 0.1) is 5.69 Å². The molecule has 0 bridgehead atoms. The number of hydrogen-bond acceptors (Lipinski definition) is 2. The Morgan fingerprint density at radius 3 is 2.68 bits per heavy atom. The van der Waals surface area contributed by atoms with E-state index in [0.29, 0.717) is 6.04 Å². The van der Waals surface area contributed by atoms with Crippen LogP contribution in [0.15, 0.2) is 36.5 Å². The fourth-order valence-electron chi connectivity index (χ4n) is 2.19. The first-order valence-corrected chi connectivity index (χ1v) is 7.08. The molecule has 0 saturated carbocycles. The van der Waals surface area contributed by atoms with E-state index in [0.717, 1.165) is 17.3 Å². The van der Waals surface area contributed by atoms with Gasteiger partial charge in [-0.2, -0.15) is 0 Å². The van der Waals surface area contributed by atoms with Gasteiger partial charge in [0.1, 0.15) is 0 Å². The molecule has 102 valence electrons. The summed E-state index contributed by atoms with van der Waals surface area (Å²) in [5.74, 6) is 0.937. The fraction of sp³-hybridized carbons (Fsp3) is 0.438. The molecule has 19 heavy (non-hydrogen) atoms. The highest BCUT2D eigenvalue weighted by atomic mass is 15.2. The molecule has 0 amide bonds. The highest BCUT2D eigenvalue weighted by molar-refractivity contribution is 5.43. The standard InChI is InChI=1S/C16H23N3/c1-4-5-9-13(2)17-16-18-14(3)12-19(16)15-10-7-6-8-11-15/h6-8,10-13H,4-5,9H2,1-3H3,(H,17,18). The van der Waals surface area contributed by atoms with Crippen LogP contribution in [0.5, 0.6) is 0 Å². The van der Waals surface area contributed by atoms with E-state index in [-0.39, 0.29) is 0 Å². The predicted octanol–water partition coefficient (Wildman–Crippen LogP) is 4.17. The number of nitrogens with one attached hydrogen (secondary N) is 1. The lowest BCUT2D eigenvalue weighted by Crippen LogP contribution is -2.17. The summed E-state index contributed by atoms with van der Waals surface area (Å²) in [6.07, 6.45) is 5.73. The summed E-state index contributed by atoms with van der Waals surface area (Å²) in [4.78, 5) is 4.59. The number of unbranched alkanes of at least 4 members (excludes halogenated alkanes) is 1. The minimum Gasteiger partial charge on any atom is -0.353 e. The molecule has 1 unspecified atom stereocenters. The monoisotopic (exact) mass is 257 g/mol. The number of imidazole rings is 1. The van der Waals surface area contributed by atoms with Crippen molar-refractivity contribution in [3.8, 4) is 5.69 Å². The highest BCUT2D eigenvalue weighted by Gasteiger charge is 2.09. The SMILES string of the molecule is CCCCC(C)Nc1nc(C)cn1-c1ccccc1. The van der Waals surface area contributed by atoms with Gasteiger partial charge in [-0.05, 0) is 32.4 Å². The summed E-state index contributed by atoms with van der Waals surface area (Å²) in [7, 11) is 0. The third-order valence-electron chi connectivity index (χ3n) is 3.23. The molecular formula is C16H23N3. The zero-order valence-corrected chi connectivity index (χ0v) is 12.1. The number of aromatic nitrogens is 2. The van der Waals surface area contributed by atoms with E-state index in [1.807, 2.05) is 13.0 Å². The largest absolute Gasteiger partial charge is 0.353 e. The van der Waals surface area contributed by atoms with Gasteiger partial charge >= 0.3 is 0 Å². The van der Waals surface area contributed by atoms with Gasteiger partial charge in [0, 0.05) is 17.9 Å². The molecule has 0 fully saturated rings. The number of aryl methyl sites for hydroxylation is 1. The predicted molar refractivity (Wildman–Crippen MR) is 80.9 cm³/mol. The lowest BCUT2D eigenvalue weighted by Gasteiger charge is -2.15. The summed E-state index contributed by atoms with van der Waals surface area (Å²) < 4.78 is 2.12. The van der Waals surface area contributed by atoms with Crippen LogP contribution < -0.4 is 5.32 Å². The zero-order chi connectivity index (χ0) is 13.7. The maximum atomic E-state index is 4.59. The van der Waals surface area contributed by atoms with Crippen molar-refractivity contribution < 1.29 is 0 Å². The molecule has 0 saturated heterocycles. The Morgan fingerprint density at radius 1 is 1.26 bits per heavy atom. The second-order valence-corrected chi connectivity index (χ2v) is 5.10. The van der Waals surface area contributed by atoms with Gasteiger partial charge in [-0.25, -0.2) is 4.98 Å². The van der Waals surface area contributed by atoms with Crippen molar-refractivity contribution >= 4 is 5.95 Å². The summed E-state index contributed by atoms with van der Waals surface area (Å²) in [5, 5.41) is 3.52. The lowest BCUT2D eigenvalue weighted by molar-refractivity contribution is 0.639. The third-order valence-corrected chi connectivity index (χ3v) is 3.23. The molecule has 0 aliphatic heterocycles. The number of rotatable bonds is 6. The fourth-order valence-corrected chi connectivity index (χ4v) is 2.19. The lowest BCUT2D eigenvalue weighted by atomic mass is 10.1. The van der Waals surface area contributed by atoms with E-state index in [4.69, 9.17) is 0 Å². The van der Waals surface area contributed by atoms with Crippen molar-refractivity contribution in [3.05, 3.63) is 42.2 Å². The van der Waals surface area contributed by atoms with E-state index in [9.17, 15) is 0 Å². The van der Waals surface area contributed by atoms with Crippen molar-refractivity contribution in [3.63, 3.8) is 0 Å². The van der Waals surface area contributed by atoms with Crippen LogP contribution in [0.1, 0.15) is 38.8 Å². The molecule has 0 spiro atoms. The van der Waals surface area contributed by atoms with Crippen molar-refractivity contribution in [1.29, 1.82) is 0 Å². The molecule has 1 N–H and O–H groups in total. The van der Waals surface area contributed by atoms with Gasteiger partial charge in [0.2, 0.25) is 5.95 Å². The molecule has 1 heterocycles. The highest BCUT2D eigenvalue weighted by Crippen LogP contribution is 2.18. The molecule has 1 atom stereocenters. The van der Waals surface area contributed by atoms with Gasteiger partial charge in [0.25, 0.3) is 0 Å². The minimum absolute atomic E-state index is 0.448. The Bertz CT molecular complexity index is 502. The topological polar surface area (TPSA) is 29.9 Å². The van der Waals surface area contributed by atoms with Crippen molar-refractivity contribution in [2.45, 2.75) is 46.1 Å². The Labute approximate surface area is 115 Å². The molecule has 3 heteroatoms. The average molecular weight is 257 g/mol. The second-order valence-electron chi connectivity index (χ2n) is 5.10. The van der Waals surface area contributed by atoms with Crippen LogP contribution in [0.3, 0.4) is 0 Å². The zero-order valence-electron chi connectivity index (χ0n) is 12.1. The molecule has 0 radical (unpaired) electrons. The number of nitrogens with zero attached hydrogens (tertiary/aromatic N) is 2. The Hall–Kier alpha value is -1.77. The van der Waals surface area contributed by atoms with Crippen LogP contribution in [0, 0.1) is 6.92 Å². The van der Waals surface area contributed by atoms with Crippen molar-refractivity contribution in [2.24, 2.45) is 0 Å². The molecule has 1 aromatic heterocycles. The molecule has 0 aliphatic carbocycles. The summed E-state index contributed by atoms with van der Waals surface area (Å²) in [5.41, 5.74) is 2.18. The Kier molecular flexibility index (Phi) is 4.61. The minimum atomic E-state index is 0.448. The van der Waals surface area contributed by atoms with Gasteiger partial charge in [-0.1, -0.05) is 38.0 Å². The first kappa shape index (κ1) is 13.7. The Morgan fingerprint density at radius 2 is 2.00 bits per heavy atom. The summed E-state index contributed by atoms with van der Waals surface area (Å²) >= 11 is 0. The average Bonchev–Trinajstić information content (AvgIpc) is 2.78. The van der Waals surface area contributed by atoms with E-state index < -0.39 is 0 Å². The van der Waals surface area contributed by atoms with E-state index in [2.05, 4.69) is 59.2 Å². The van der Waals surface area contributed by atoms with Gasteiger partial charge in [0.15, 0.2) is 0 Å². The first-order chi connectivity index (χ1) is 9.20.